The Labute approximate surface area is 128 Å². The van der Waals surface area contributed by atoms with Crippen molar-refractivity contribution in [1.82, 2.24) is 5.32 Å². The van der Waals surface area contributed by atoms with E-state index in [1.54, 1.807) is 24.3 Å². The van der Waals surface area contributed by atoms with Crippen molar-refractivity contribution in [2.45, 2.75) is 38.8 Å². The number of amides is 1. The van der Waals surface area contributed by atoms with Crippen LogP contribution >= 0.6 is 11.6 Å². The molecule has 2 atom stereocenters. The summed E-state index contributed by atoms with van der Waals surface area (Å²) in [4.78, 5) is 23.0. The van der Waals surface area contributed by atoms with Crippen molar-refractivity contribution in [2.75, 3.05) is 0 Å². The summed E-state index contributed by atoms with van der Waals surface area (Å²) in [6.45, 7) is 3.75. The third-order valence-electron chi connectivity index (χ3n) is 2.96. The SMILES string of the molecule is CC(C)C[C@H](O)C(=O)N[C@@H](Cc1ccc(Cl)cc1)C(=O)O. The number of carbonyl (C=O) groups is 2. The Kier molecular flexibility index (Phi) is 6.65. The summed E-state index contributed by atoms with van der Waals surface area (Å²) < 4.78 is 0. The molecule has 6 heteroatoms. The molecule has 0 aliphatic heterocycles. The average Bonchev–Trinajstić information content (AvgIpc) is 2.39. The van der Waals surface area contributed by atoms with E-state index in [1.165, 1.54) is 0 Å². The Morgan fingerprint density at radius 2 is 1.81 bits per heavy atom. The lowest BCUT2D eigenvalue weighted by molar-refractivity contribution is -0.143. The normalized spacial score (nSPS) is 13.8. The Hall–Kier alpha value is -1.59. The van der Waals surface area contributed by atoms with E-state index in [2.05, 4.69) is 5.32 Å². The third-order valence-corrected chi connectivity index (χ3v) is 3.22. The number of hydrogen-bond donors (Lipinski definition) is 3. The van der Waals surface area contributed by atoms with E-state index in [0.29, 0.717) is 11.4 Å². The summed E-state index contributed by atoms with van der Waals surface area (Å²) in [7, 11) is 0. The highest BCUT2D eigenvalue weighted by atomic mass is 35.5. The highest BCUT2D eigenvalue weighted by Crippen LogP contribution is 2.12. The van der Waals surface area contributed by atoms with Crippen molar-refractivity contribution in [1.29, 1.82) is 0 Å². The van der Waals surface area contributed by atoms with Crippen LogP contribution < -0.4 is 5.32 Å². The number of rotatable bonds is 7. The van der Waals surface area contributed by atoms with Crippen LogP contribution in [0.4, 0.5) is 0 Å². The Bertz CT molecular complexity index is 487. The third kappa shape index (κ3) is 6.14. The number of halogens is 1. The summed E-state index contributed by atoms with van der Waals surface area (Å²) in [6, 6.07) is 5.64. The van der Waals surface area contributed by atoms with Gasteiger partial charge >= 0.3 is 5.97 Å². The molecule has 0 spiro atoms. The maximum absolute atomic E-state index is 11.8. The van der Waals surface area contributed by atoms with E-state index in [-0.39, 0.29) is 12.3 Å². The fourth-order valence-corrected chi connectivity index (χ4v) is 2.00. The molecule has 1 aromatic rings. The zero-order chi connectivity index (χ0) is 16.0. The first-order valence-electron chi connectivity index (χ1n) is 6.75. The van der Waals surface area contributed by atoms with Crippen LogP contribution in [0.15, 0.2) is 24.3 Å². The van der Waals surface area contributed by atoms with Gasteiger partial charge in [-0.1, -0.05) is 37.6 Å². The van der Waals surface area contributed by atoms with Gasteiger partial charge < -0.3 is 15.5 Å². The van der Waals surface area contributed by atoms with E-state index in [1.807, 2.05) is 13.8 Å². The van der Waals surface area contributed by atoms with E-state index in [9.17, 15) is 19.8 Å². The van der Waals surface area contributed by atoms with Gasteiger partial charge in [-0.05, 0) is 30.0 Å². The van der Waals surface area contributed by atoms with Gasteiger partial charge in [-0.15, -0.1) is 0 Å². The van der Waals surface area contributed by atoms with Gasteiger partial charge in [0.15, 0.2) is 0 Å². The summed E-state index contributed by atoms with van der Waals surface area (Å²) in [5.74, 6) is -1.66. The molecule has 1 aromatic carbocycles. The molecule has 116 valence electrons. The van der Waals surface area contributed by atoms with Crippen molar-refractivity contribution in [2.24, 2.45) is 5.92 Å². The number of benzene rings is 1. The molecular weight excluding hydrogens is 294 g/mol. The second kappa shape index (κ2) is 8.00. The number of carboxylic acids is 1. The van der Waals surface area contributed by atoms with E-state index >= 15 is 0 Å². The zero-order valence-electron chi connectivity index (χ0n) is 12.0. The molecule has 0 radical (unpaired) electrons. The number of aliphatic carboxylic acids is 1. The van der Waals surface area contributed by atoms with Gasteiger partial charge in [-0.3, -0.25) is 4.79 Å². The topological polar surface area (TPSA) is 86.6 Å². The largest absolute Gasteiger partial charge is 0.480 e. The molecule has 1 amide bonds. The minimum Gasteiger partial charge on any atom is -0.480 e. The van der Waals surface area contributed by atoms with Gasteiger partial charge in [-0.25, -0.2) is 4.79 Å². The standard InChI is InChI=1S/C15H20ClNO4/c1-9(2)7-13(18)14(19)17-12(15(20)21)8-10-3-5-11(16)6-4-10/h3-6,9,12-13,18H,7-8H2,1-2H3,(H,17,19)(H,20,21)/t12-,13-/m0/s1. The quantitative estimate of drug-likeness (QED) is 0.717. The van der Waals surface area contributed by atoms with E-state index in [4.69, 9.17) is 11.6 Å². The number of hydrogen-bond acceptors (Lipinski definition) is 3. The van der Waals surface area contributed by atoms with Gasteiger partial charge in [0.2, 0.25) is 5.91 Å². The first-order chi connectivity index (χ1) is 9.79. The number of aliphatic hydroxyl groups is 1. The van der Waals surface area contributed by atoms with Gasteiger partial charge in [0.25, 0.3) is 0 Å². The van der Waals surface area contributed by atoms with Crippen LogP contribution in [0.2, 0.25) is 5.02 Å². The van der Waals surface area contributed by atoms with Crippen LogP contribution in [0.5, 0.6) is 0 Å². The molecular formula is C15H20ClNO4. The highest BCUT2D eigenvalue weighted by Gasteiger charge is 2.24. The molecule has 1 rings (SSSR count). The van der Waals surface area contributed by atoms with Crippen molar-refractivity contribution in [3.8, 4) is 0 Å². The monoisotopic (exact) mass is 313 g/mol. The lowest BCUT2D eigenvalue weighted by Gasteiger charge is -2.18. The Morgan fingerprint density at radius 1 is 1.24 bits per heavy atom. The van der Waals surface area contributed by atoms with Gasteiger partial charge in [0.1, 0.15) is 12.1 Å². The lowest BCUT2D eigenvalue weighted by Crippen LogP contribution is -2.46. The molecule has 0 aliphatic carbocycles. The van der Waals surface area contributed by atoms with Crippen molar-refractivity contribution >= 4 is 23.5 Å². The van der Waals surface area contributed by atoms with Gasteiger partial charge in [-0.2, -0.15) is 0 Å². The van der Waals surface area contributed by atoms with E-state index in [0.717, 1.165) is 5.56 Å². The number of carbonyl (C=O) groups excluding carboxylic acids is 1. The lowest BCUT2D eigenvalue weighted by atomic mass is 10.0. The van der Waals surface area contributed by atoms with Crippen LogP contribution in [0.25, 0.3) is 0 Å². The zero-order valence-corrected chi connectivity index (χ0v) is 12.8. The molecule has 21 heavy (non-hydrogen) atoms. The first kappa shape index (κ1) is 17.5. The van der Waals surface area contributed by atoms with E-state index < -0.39 is 24.0 Å². The molecule has 5 nitrogen and oxygen atoms in total. The minimum atomic E-state index is -1.20. The van der Waals surface area contributed by atoms with Gasteiger partial charge in [0.05, 0.1) is 0 Å². The van der Waals surface area contributed by atoms with Crippen LogP contribution in [0.1, 0.15) is 25.8 Å². The van der Waals surface area contributed by atoms with Crippen molar-refractivity contribution < 1.29 is 19.8 Å². The molecule has 0 aromatic heterocycles. The second-order valence-electron chi connectivity index (χ2n) is 5.38. The number of carboxylic acid groups (broad SMARTS) is 1. The molecule has 0 saturated carbocycles. The fraction of sp³-hybridized carbons (Fsp3) is 0.467. The van der Waals surface area contributed by atoms with Crippen molar-refractivity contribution in [3.63, 3.8) is 0 Å². The summed E-state index contributed by atoms with van der Waals surface area (Å²) in [5, 5.41) is 21.8. The van der Waals surface area contributed by atoms with Crippen LogP contribution in [-0.2, 0) is 16.0 Å². The number of aliphatic hydroxyl groups excluding tert-OH is 1. The van der Waals surface area contributed by atoms with Crippen molar-refractivity contribution in [3.05, 3.63) is 34.9 Å². The Morgan fingerprint density at radius 3 is 2.29 bits per heavy atom. The van der Waals surface area contributed by atoms with Crippen LogP contribution in [0.3, 0.4) is 0 Å². The molecule has 0 bridgehead atoms. The molecule has 0 fully saturated rings. The highest BCUT2D eigenvalue weighted by molar-refractivity contribution is 6.30. The minimum absolute atomic E-state index is 0.132. The summed E-state index contributed by atoms with van der Waals surface area (Å²) in [6.07, 6.45) is -0.775. The van der Waals surface area contributed by atoms with Gasteiger partial charge in [0, 0.05) is 11.4 Å². The molecule has 0 aliphatic rings. The average molecular weight is 314 g/mol. The molecule has 0 saturated heterocycles. The maximum Gasteiger partial charge on any atom is 0.326 e. The summed E-state index contributed by atoms with van der Waals surface area (Å²) in [5.41, 5.74) is 0.741. The molecule has 3 N–H and O–H groups in total. The second-order valence-corrected chi connectivity index (χ2v) is 5.81. The maximum atomic E-state index is 11.8. The predicted octanol–water partition coefficient (Wildman–Crippen LogP) is 1.86. The smallest absolute Gasteiger partial charge is 0.326 e. The Balaban J connectivity index is 2.67. The fourth-order valence-electron chi connectivity index (χ4n) is 1.88. The number of nitrogens with one attached hydrogen (secondary N) is 1. The molecule has 0 unspecified atom stereocenters. The van der Waals surface area contributed by atoms with Crippen LogP contribution in [0, 0.1) is 5.92 Å². The summed E-state index contributed by atoms with van der Waals surface area (Å²) >= 11 is 5.77. The molecule has 0 heterocycles. The predicted molar refractivity (Wildman–Crippen MR) is 80.2 cm³/mol. The van der Waals surface area contributed by atoms with Crippen LogP contribution in [-0.4, -0.2) is 34.2 Å². The first-order valence-corrected chi connectivity index (χ1v) is 7.13.